The lowest BCUT2D eigenvalue weighted by Crippen LogP contribution is -2.50. The summed E-state index contributed by atoms with van der Waals surface area (Å²) in [5, 5.41) is 12.9. The van der Waals surface area contributed by atoms with E-state index in [9.17, 15) is 49.5 Å². The molecule has 3 aromatic rings. The molecule has 1 heterocycles. The number of hydroxylamine groups is 1. The number of aromatic nitrogens is 1. The first kappa shape index (κ1) is 27.1. The molecule has 0 saturated heterocycles. The van der Waals surface area contributed by atoms with Crippen LogP contribution in [0.15, 0.2) is 58.0 Å². The molecule has 188 valence electrons. The maximum absolute atomic E-state index is 14.5. The number of hydrogen-bond acceptors (Lipinski definition) is 4. The molecule has 0 bridgehead atoms. The van der Waals surface area contributed by atoms with Crippen molar-refractivity contribution in [3.63, 3.8) is 0 Å². The molecule has 0 fully saturated rings. The number of halogens is 10. The van der Waals surface area contributed by atoms with Crippen molar-refractivity contribution in [1.29, 1.82) is 0 Å². The maximum Gasteiger partial charge on any atom is 0.435 e. The highest BCUT2D eigenvalue weighted by molar-refractivity contribution is 9.10. The van der Waals surface area contributed by atoms with E-state index in [0.29, 0.717) is 5.39 Å². The van der Waals surface area contributed by atoms with E-state index in [1.165, 1.54) is 24.4 Å². The monoisotopic (exact) mass is 591 g/mol. The number of anilines is 1. The summed E-state index contributed by atoms with van der Waals surface area (Å²) in [5.41, 5.74) is -9.12. The minimum Gasteiger partial charge on any atom is -0.751 e. The first-order chi connectivity index (χ1) is 16.1. The molecule has 2 aromatic carbocycles. The van der Waals surface area contributed by atoms with E-state index in [0.717, 1.165) is 0 Å². The number of hydrogen-bond donors (Lipinski definition) is 0. The predicted octanol–water partition coefficient (Wildman–Crippen LogP) is 7.75. The van der Waals surface area contributed by atoms with Gasteiger partial charge in [0.2, 0.25) is 5.91 Å². The molecule has 0 aliphatic carbocycles. The normalized spacial score (nSPS) is 12.9. The molecule has 1 aromatic heterocycles. The van der Waals surface area contributed by atoms with Gasteiger partial charge in [0, 0.05) is 32.1 Å². The number of thioether (sulfide) groups is 1. The van der Waals surface area contributed by atoms with E-state index in [1.807, 2.05) is 0 Å². The van der Waals surface area contributed by atoms with Crippen molar-refractivity contribution in [3.05, 3.63) is 69.5 Å². The summed E-state index contributed by atoms with van der Waals surface area (Å²) in [5.74, 6) is -4.84. The highest BCUT2D eigenvalue weighted by Gasteiger charge is 2.73. The number of alkyl halides is 9. The Kier molecular flexibility index (Phi) is 7.35. The van der Waals surface area contributed by atoms with E-state index >= 15 is 0 Å². The molecule has 0 unspecified atom stereocenters. The number of amides is 1. The van der Waals surface area contributed by atoms with Gasteiger partial charge in [-0.05, 0) is 46.3 Å². The van der Waals surface area contributed by atoms with Crippen molar-refractivity contribution in [3.8, 4) is 0 Å². The molecule has 0 aliphatic heterocycles. The highest BCUT2D eigenvalue weighted by atomic mass is 79.9. The van der Waals surface area contributed by atoms with Crippen molar-refractivity contribution in [2.75, 3.05) is 5.06 Å². The first-order valence-corrected chi connectivity index (χ1v) is 10.7. The smallest absolute Gasteiger partial charge is 0.435 e. The minimum absolute atomic E-state index is 0.0357. The standard InChI is InChI=1S/C20H9BrF9N2O2S/c21-12-7-11(18(24,19(25,26)27)20(28,29)30)8-14(35-17(22)23)15(12)32(34)16(33)10-4-3-9-2-1-5-31-13(9)6-10/h1-8,17H/q-1. The van der Waals surface area contributed by atoms with Gasteiger partial charge in [0.05, 0.1) is 11.2 Å². The van der Waals surface area contributed by atoms with Gasteiger partial charge in [-0.1, -0.05) is 23.9 Å². The van der Waals surface area contributed by atoms with Gasteiger partial charge in [0.25, 0.3) is 5.76 Å². The lowest BCUT2D eigenvalue weighted by atomic mass is 9.94. The Bertz CT molecular complexity index is 1250. The van der Waals surface area contributed by atoms with E-state index in [-0.39, 0.29) is 23.2 Å². The van der Waals surface area contributed by atoms with Crippen LogP contribution >= 0.6 is 27.7 Å². The molecule has 35 heavy (non-hydrogen) atoms. The number of benzene rings is 2. The Morgan fingerprint density at radius 1 is 1.00 bits per heavy atom. The zero-order valence-electron chi connectivity index (χ0n) is 16.6. The molecule has 15 heteroatoms. The van der Waals surface area contributed by atoms with Gasteiger partial charge in [-0.2, -0.15) is 35.1 Å². The van der Waals surface area contributed by atoms with Crippen molar-refractivity contribution < 1.29 is 44.3 Å². The molecule has 3 rings (SSSR count). The average molecular weight is 592 g/mol. The fourth-order valence-corrected chi connectivity index (χ4v) is 4.51. The Labute approximate surface area is 202 Å². The molecule has 0 atom stereocenters. The zero-order chi connectivity index (χ0) is 26.3. The third-order valence-electron chi connectivity index (χ3n) is 4.66. The van der Waals surface area contributed by atoms with Crippen LogP contribution in [0.1, 0.15) is 15.9 Å². The fraction of sp³-hybridized carbons (Fsp3) is 0.200. The molecule has 1 amide bonds. The second-order valence-electron chi connectivity index (χ2n) is 6.85. The topological polar surface area (TPSA) is 56.3 Å². The van der Waals surface area contributed by atoms with Crippen LogP contribution in [0, 0.1) is 5.21 Å². The molecule has 0 N–H and O–H groups in total. The SMILES string of the molecule is O=C(c1ccc2cccnc2c1)N([O-])c1c(Br)cc(C(F)(C(F)(F)F)C(F)(F)F)cc1SC(F)F. The van der Waals surface area contributed by atoms with E-state index in [1.54, 1.807) is 12.1 Å². The molecule has 0 radical (unpaired) electrons. The lowest BCUT2D eigenvalue weighted by Gasteiger charge is -2.34. The number of nitrogens with zero attached hydrogens (tertiary/aromatic N) is 2. The van der Waals surface area contributed by atoms with Crippen LogP contribution < -0.4 is 5.06 Å². The third kappa shape index (κ3) is 5.07. The summed E-state index contributed by atoms with van der Waals surface area (Å²) in [4.78, 5) is 15.5. The van der Waals surface area contributed by atoms with Crippen molar-refractivity contribution >= 4 is 50.2 Å². The second-order valence-corrected chi connectivity index (χ2v) is 8.73. The Morgan fingerprint density at radius 3 is 2.20 bits per heavy atom. The van der Waals surface area contributed by atoms with Gasteiger partial charge in [-0.15, -0.1) is 0 Å². The van der Waals surface area contributed by atoms with Crippen LogP contribution in [0.4, 0.5) is 45.2 Å². The van der Waals surface area contributed by atoms with Crippen molar-refractivity contribution in [1.82, 2.24) is 4.98 Å². The number of fused-ring (bicyclic) bond motifs is 1. The zero-order valence-corrected chi connectivity index (χ0v) is 19.0. The summed E-state index contributed by atoms with van der Waals surface area (Å²) >= 11 is 1.89. The average Bonchev–Trinajstić information content (AvgIpc) is 2.75. The van der Waals surface area contributed by atoms with Crippen LogP contribution in [-0.4, -0.2) is 29.0 Å². The van der Waals surface area contributed by atoms with Crippen LogP contribution in [0.3, 0.4) is 0 Å². The van der Waals surface area contributed by atoms with Crippen LogP contribution in [0.25, 0.3) is 10.9 Å². The largest absolute Gasteiger partial charge is 0.751 e. The molecular weight excluding hydrogens is 583 g/mol. The number of carbonyl (C=O) groups excluding carboxylic acids is 1. The van der Waals surface area contributed by atoms with Gasteiger partial charge < -0.3 is 10.3 Å². The van der Waals surface area contributed by atoms with Crippen molar-refractivity contribution in [2.24, 2.45) is 0 Å². The number of rotatable bonds is 5. The number of carbonyl (C=O) groups is 1. The van der Waals surface area contributed by atoms with Gasteiger partial charge in [0.1, 0.15) is 0 Å². The molecule has 4 nitrogen and oxygen atoms in total. The van der Waals surface area contributed by atoms with Gasteiger partial charge >= 0.3 is 18.0 Å². The third-order valence-corrected chi connectivity index (χ3v) is 6.01. The molecule has 0 spiro atoms. The quantitative estimate of drug-likeness (QED) is 0.173. The van der Waals surface area contributed by atoms with Crippen LogP contribution in [0.2, 0.25) is 0 Å². The van der Waals surface area contributed by atoms with Gasteiger partial charge in [-0.3, -0.25) is 9.78 Å². The van der Waals surface area contributed by atoms with Crippen molar-refractivity contribution in [2.45, 2.75) is 28.7 Å². The molecular formula is C20H9BrF9N2O2S-. The van der Waals surface area contributed by atoms with Gasteiger partial charge in [0.15, 0.2) is 0 Å². The summed E-state index contributed by atoms with van der Waals surface area (Å²) in [6, 6.07) is 6.75. The second kappa shape index (κ2) is 9.50. The van der Waals surface area contributed by atoms with Gasteiger partial charge in [-0.25, -0.2) is 4.39 Å². The number of pyridine rings is 1. The fourth-order valence-electron chi connectivity index (χ4n) is 3.06. The van der Waals surface area contributed by atoms with E-state index < -0.39 is 67.1 Å². The summed E-state index contributed by atoms with van der Waals surface area (Å²) in [6.07, 6.45) is -11.7. The maximum atomic E-state index is 14.5. The molecule has 0 aliphatic rings. The predicted molar refractivity (Wildman–Crippen MR) is 113 cm³/mol. The summed E-state index contributed by atoms with van der Waals surface area (Å²) in [6.45, 7) is 0. The van der Waals surface area contributed by atoms with E-state index in [4.69, 9.17) is 0 Å². The summed E-state index contributed by atoms with van der Waals surface area (Å²) in [7, 11) is 0. The lowest BCUT2D eigenvalue weighted by molar-refractivity contribution is -0.348. The Morgan fingerprint density at radius 2 is 1.63 bits per heavy atom. The van der Waals surface area contributed by atoms with Crippen LogP contribution in [-0.2, 0) is 5.67 Å². The highest BCUT2D eigenvalue weighted by Crippen LogP contribution is 2.55. The Hall–Kier alpha value is -2.52. The van der Waals surface area contributed by atoms with E-state index in [2.05, 4.69) is 20.9 Å². The van der Waals surface area contributed by atoms with Crippen LogP contribution in [0.5, 0.6) is 0 Å². The first-order valence-electron chi connectivity index (χ1n) is 9.05. The summed E-state index contributed by atoms with van der Waals surface area (Å²) < 4.78 is 119. The molecule has 0 saturated carbocycles. The Balaban J connectivity index is 2.16. The minimum atomic E-state index is -6.52.